The zero-order chi connectivity index (χ0) is 28.3. The Morgan fingerprint density at radius 2 is 1.60 bits per heavy atom. The molecule has 214 valence electrons. The number of hydrogen-bond donors (Lipinski definition) is 2. The van der Waals surface area contributed by atoms with E-state index in [1.165, 1.54) is 12.1 Å². The van der Waals surface area contributed by atoms with Crippen LogP contribution in [0.3, 0.4) is 0 Å². The lowest BCUT2D eigenvalue weighted by molar-refractivity contribution is -0.274. The standard InChI is InChI=1S/C29H32F3N3O4S/c1-2-19-33-40(37,21-17-15-20(16-18-21)39-29(30,31)32)34-22-9-3-4-12-25(28(22)36)35-23-10-5-7-13-26(23)38-27-14-8-6-11-24(27)35/h5-8,10-11,13-18,22,25,28,36H,2-4,9,12,19H2,1H3,(H,33,34,37)/t22-,25+,28-,40?/m0/s1. The number of aliphatic hydroxyl groups is 1. The largest absolute Gasteiger partial charge is 0.573 e. The van der Waals surface area contributed by atoms with E-state index in [1.807, 2.05) is 55.5 Å². The van der Waals surface area contributed by atoms with Gasteiger partial charge < -0.3 is 19.5 Å². The van der Waals surface area contributed by atoms with Gasteiger partial charge in [-0.3, -0.25) is 0 Å². The molecular weight excluding hydrogens is 543 g/mol. The summed E-state index contributed by atoms with van der Waals surface area (Å²) in [4.78, 5) is 2.33. The minimum Gasteiger partial charge on any atom is -0.453 e. The van der Waals surface area contributed by atoms with Gasteiger partial charge in [-0.15, -0.1) is 13.2 Å². The SMILES string of the molecule is CCCN=S(=O)(N[C@H]1CCCC[C@@H](N2c3ccccc3Oc3ccccc32)[C@H]1O)c1ccc(OC(F)(F)F)cc1. The van der Waals surface area contributed by atoms with Crippen LogP contribution in [0.5, 0.6) is 17.2 Å². The number of hydrogen-bond acceptors (Lipinski definition) is 6. The lowest BCUT2D eigenvalue weighted by Crippen LogP contribution is -2.52. The van der Waals surface area contributed by atoms with E-state index < -0.39 is 34.2 Å². The van der Waals surface area contributed by atoms with Gasteiger partial charge >= 0.3 is 6.36 Å². The third-order valence-electron chi connectivity index (χ3n) is 7.06. The second-order valence-electron chi connectivity index (χ2n) is 9.87. The molecule has 1 aliphatic heterocycles. The van der Waals surface area contributed by atoms with Crippen molar-refractivity contribution in [1.82, 2.24) is 4.72 Å². The highest BCUT2D eigenvalue weighted by Gasteiger charge is 2.39. The first kappa shape index (κ1) is 28.3. The molecule has 1 heterocycles. The summed E-state index contributed by atoms with van der Waals surface area (Å²) in [5, 5.41) is 11.9. The normalized spacial score (nSPS) is 22.2. The molecule has 4 atom stereocenters. The molecule has 3 aromatic rings. The first-order valence-electron chi connectivity index (χ1n) is 13.4. The lowest BCUT2D eigenvalue weighted by atomic mass is 9.98. The maximum Gasteiger partial charge on any atom is 0.573 e. The molecule has 2 aliphatic rings. The zero-order valence-electron chi connectivity index (χ0n) is 22.0. The van der Waals surface area contributed by atoms with E-state index in [9.17, 15) is 22.5 Å². The van der Waals surface area contributed by atoms with Crippen LogP contribution in [0, 0.1) is 0 Å². The maximum absolute atomic E-state index is 14.3. The number of anilines is 2. The molecule has 0 bridgehead atoms. The van der Waals surface area contributed by atoms with Crippen molar-refractivity contribution in [2.45, 2.75) is 68.5 Å². The molecule has 1 aliphatic carbocycles. The minimum atomic E-state index is -4.83. The van der Waals surface area contributed by atoms with Crippen molar-refractivity contribution >= 4 is 21.3 Å². The smallest absolute Gasteiger partial charge is 0.453 e. The molecule has 3 aromatic carbocycles. The van der Waals surface area contributed by atoms with Gasteiger partial charge in [-0.1, -0.05) is 44.0 Å². The molecule has 0 radical (unpaired) electrons. The summed E-state index contributed by atoms with van der Waals surface area (Å²) >= 11 is 0. The monoisotopic (exact) mass is 575 g/mol. The van der Waals surface area contributed by atoms with Gasteiger partial charge in [0.2, 0.25) is 0 Å². The number of para-hydroxylation sites is 4. The molecule has 11 heteroatoms. The van der Waals surface area contributed by atoms with Crippen molar-refractivity contribution in [3.8, 4) is 17.2 Å². The van der Waals surface area contributed by atoms with E-state index in [2.05, 4.69) is 18.7 Å². The second kappa shape index (κ2) is 11.7. The number of fused-ring (bicyclic) bond motifs is 2. The first-order valence-corrected chi connectivity index (χ1v) is 14.9. The quantitative estimate of drug-likeness (QED) is 0.298. The van der Waals surface area contributed by atoms with Gasteiger partial charge in [0.15, 0.2) is 11.5 Å². The van der Waals surface area contributed by atoms with E-state index in [1.54, 1.807) is 0 Å². The Bertz CT molecular complexity index is 1400. The summed E-state index contributed by atoms with van der Waals surface area (Å²) in [7, 11) is -3.28. The van der Waals surface area contributed by atoms with Crippen LogP contribution in [0.4, 0.5) is 24.5 Å². The van der Waals surface area contributed by atoms with Crippen LogP contribution in [0.2, 0.25) is 0 Å². The number of rotatable bonds is 7. The summed E-state index contributed by atoms with van der Waals surface area (Å²) in [6.07, 6.45) is -2.25. The van der Waals surface area contributed by atoms with Crippen LogP contribution in [0.25, 0.3) is 0 Å². The lowest BCUT2D eigenvalue weighted by Gasteiger charge is -2.41. The van der Waals surface area contributed by atoms with Crippen molar-refractivity contribution in [2.24, 2.45) is 4.36 Å². The second-order valence-corrected chi connectivity index (χ2v) is 11.9. The average Bonchev–Trinajstić information content (AvgIpc) is 3.11. The zero-order valence-corrected chi connectivity index (χ0v) is 22.8. The number of ether oxygens (including phenoxy) is 2. The Kier molecular flexibility index (Phi) is 8.25. The van der Waals surface area contributed by atoms with Gasteiger partial charge in [0.1, 0.15) is 15.7 Å². The van der Waals surface area contributed by atoms with Crippen LogP contribution in [-0.2, 0) is 9.92 Å². The predicted octanol–water partition coefficient (Wildman–Crippen LogP) is 6.94. The summed E-state index contributed by atoms with van der Waals surface area (Å²) < 4.78 is 69.9. The fraction of sp³-hybridized carbons (Fsp3) is 0.379. The average molecular weight is 576 g/mol. The first-order chi connectivity index (χ1) is 19.2. The highest BCUT2D eigenvalue weighted by atomic mass is 32.2. The molecule has 5 rings (SSSR count). The van der Waals surface area contributed by atoms with Crippen molar-refractivity contribution < 1.29 is 32.0 Å². The molecule has 0 saturated heterocycles. The molecule has 2 N–H and O–H groups in total. The molecule has 1 saturated carbocycles. The Morgan fingerprint density at radius 3 is 2.20 bits per heavy atom. The maximum atomic E-state index is 14.3. The molecular formula is C29H32F3N3O4S. The van der Waals surface area contributed by atoms with Gasteiger partial charge in [0, 0.05) is 12.6 Å². The van der Waals surface area contributed by atoms with Crippen LogP contribution in [-0.4, -0.2) is 40.4 Å². The van der Waals surface area contributed by atoms with Crippen molar-refractivity contribution in [3.05, 3.63) is 72.8 Å². The Labute approximate surface area is 232 Å². The van der Waals surface area contributed by atoms with Crippen LogP contribution in [0.15, 0.2) is 82.1 Å². The molecule has 0 aromatic heterocycles. The van der Waals surface area contributed by atoms with Crippen molar-refractivity contribution in [1.29, 1.82) is 0 Å². The Balaban J connectivity index is 1.47. The molecule has 7 nitrogen and oxygen atoms in total. The highest BCUT2D eigenvalue weighted by Crippen LogP contribution is 2.49. The molecule has 40 heavy (non-hydrogen) atoms. The van der Waals surface area contributed by atoms with E-state index in [0.29, 0.717) is 30.8 Å². The number of nitrogens with one attached hydrogen (secondary N) is 1. The number of nitrogens with zero attached hydrogens (tertiary/aromatic N) is 2. The number of benzene rings is 3. The molecule has 1 fully saturated rings. The fourth-order valence-electron chi connectivity index (χ4n) is 5.26. The Hall–Kier alpha value is -3.28. The van der Waals surface area contributed by atoms with Crippen LogP contribution >= 0.6 is 0 Å². The molecule has 1 unspecified atom stereocenters. The Morgan fingerprint density at radius 1 is 1.00 bits per heavy atom. The van der Waals surface area contributed by atoms with Crippen LogP contribution < -0.4 is 19.1 Å². The van der Waals surface area contributed by atoms with E-state index in [4.69, 9.17) is 4.74 Å². The summed E-state index contributed by atoms with van der Waals surface area (Å²) in [6.45, 7) is 2.18. The summed E-state index contributed by atoms with van der Waals surface area (Å²) in [5.41, 5.74) is 1.67. The third-order valence-corrected chi connectivity index (χ3v) is 9.14. The molecule has 0 amide bonds. The predicted molar refractivity (Wildman–Crippen MR) is 147 cm³/mol. The summed E-state index contributed by atoms with van der Waals surface area (Å²) in [5.74, 6) is 0.961. The summed E-state index contributed by atoms with van der Waals surface area (Å²) in [6, 6.07) is 19.3. The van der Waals surface area contributed by atoms with Crippen molar-refractivity contribution in [3.63, 3.8) is 0 Å². The highest BCUT2D eigenvalue weighted by molar-refractivity contribution is 7.91. The van der Waals surface area contributed by atoms with E-state index >= 15 is 0 Å². The minimum absolute atomic E-state index is 0.227. The van der Waals surface area contributed by atoms with E-state index in [-0.39, 0.29) is 17.5 Å². The third kappa shape index (κ3) is 6.06. The van der Waals surface area contributed by atoms with Gasteiger partial charge in [-0.05, 0) is 67.8 Å². The topological polar surface area (TPSA) is 83.4 Å². The number of halogens is 3. The van der Waals surface area contributed by atoms with Crippen LogP contribution in [0.1, 0.15) is 39.0 Å². The van der Waals surface area contributed by atoms with Gasteiger partial charge in [-0.25, -0.2) is 13.3 Å². The van der Waals surface area contributed by atoms with Gasteiger partial charge in [0.05, 0.1) is 28.4 Å². The van der Waals surface area contributed by atoms with Gasteiger partial charge in [0.25, 0.3) is 0 Å². The number of aliphatic hydroxyl groups excluding tert-OH is 1. The number of alkyl halides is 3. The van der Waals surface area contributed by atoms with Crippen molar-refractivity contribution in [2.75, 3.05) is 11.4 Å². The van der Waals surface area contributed by atoms with E-state index in [0.717, 1.165) is 36.3 Å². The molecule has 0 spiro atoms. The van der Waals surface area contributed by atoms with Gasteiger partial charge in [-0.2, -0.15) is 0 Å². The fourth-order valence-corrected chi connectivity index (χ4v) is 7.23.